The molecular weight excluding hydrogens is 809 g/mol. The fraction of sp³-hybridized carbons (Fsp3) is 0.500. The highest BCUT2D eigenvalue weighted by molar-refractivity contribution is 7.02. The number of carbonyl (C=O) groups excluding carboxylic acids is 8. The van der Waals surface area contributed by atoms with Gasteiger partial charge in [-0.25, -0.2) is 18.9 Å². The smallest absolute Gasteiger partial charge is 0.357 e. The molecule has 3 aliphatic heterocycles. The van der Waals surface area contributed by atoms with Crippen molar-refractivity contribution in [2.24, 2.45) is 0 Å². The van der Waals surface area contributed by atoms with Crippen LogP contribution < -0.4 is 10.4 Å². The van der Waals surface area contributed by atoms with Gasteiger partial charge in [-0.1, -0.05) is 27.7 Å². The van der Waals surface area contributed by atoms with Crippen molar-refractivity contribution < 1.29 is 75.2 Å². The second kappa shape index (κ2) is 14.7. The highest BCUT2D eigenvalue weighted by Crippen LogP contribution is 2.48. The van der Waals surface area contributed by atoms with Crippen LogP contribution in [0, 0.1) is 0 Å². The van der Waals surface area contributed by atoms with Crippen LogP contribution in [0.25, 0.3) is 0 Å². The Labute approximate surface area is 324 Å². The summed E-state index contributed by atoms with van der Waals surface area (Å²) in [5, 5.41) is 44.3. The Bertz CT molecular complexity index is 1950. The van der Waals surface area contributed by atoms with E-state index >= 15 is 0 Å². The Kier molecular flexibility index (Phi) is 11.2. The molecule has 0 radical (unpaired) electrons. The lowest BCUT2D eigenvalue weighted by Crippen LogP contribution is -2.75. The molecule has 6 unspecified atom stereocenters. The van der Waals surface area contributed by atoms with Crippen LogP contribution in [-0.4, -0.2) is 121 Å². The Hall–Kier alpha value is -4.57. The second-order valence-corrected chi connectivity index (χ2v) is 27.7. The van der Waals surface area contributed by atoms with Crippen molar-refractivity contribution in [1.82, 2.24) is 18.9 Å². The van der Waals surface area contributed by atoms with Crippen molar-refractivity contribution in [3.05, 3.63) is 12.1 Å². The molecule has 5 rings (SSSR count). The monoisotopic (exact) mass is 852 g/mol. The largest absolute Gasteiger partial charge is 0.494 e. The summed E-state index contributed by atoms with van der Waals surface area (Å²) in [4.78, 5) is 107. The van der Waals surface area contributed by atoms with Gasteiger partial charge >= 0.3 is 34.2 Å². The number of rotatable bonds is 8. The summed E-state index contributed by atoms with van der Waals surface area (Å²) >= 11 is 0. The summed E-state index contributed by atoms with van der Waals surface area (Å²) in [6, 6.07) is 1.98. The third kappa shape index (κ3) is 6.71. The number of aromatic nitrogens is 2. The lowest BCUT2D eigenvalue weighted by Gasteiger charge is -2.51. The molecule has 6 amide bonds. The zero-order valence-corrected chi connectivity index (χ0v) is 36.0. The van der Waals surface area contributed by atoms with Crippen molar-refractivity contribution in [3.63, 3.8) is 0 Å². The third-order valence-corrected chi connectivity index (χ3v) is 29.1. The molecule has 2 aromatic heterocycles. The summed E-state index contributed by atoms with van der Waals surface area (Å²) in [6.07, 6.45) is -2.02. The molecule has 56 heavy (non-hydrogen) atoms. The Morgan fingerprint density at radius 1 is 0.571 bits per heavy atom. The van der Waals surface area contributed by atoms with Gasteiger partial charge in [0.2, 0.25) is 70.8 Å². The van der Waals surface area contributed by atoms with Gasteiger partial charge in [0, 0.05) is 50.7 Å². The first-order valence-electron chi connectivity index (χ1n) is 17.9. The molecule has 24 heteroatoms. The molecule has 0 aliphatic carbocycles. The quantitative estimate of drug-likeness (QED) is 0.212. The normalized spacial score (nSPS) is 29.9. The topological polar surface area (TPSA) is 271 Å². The zero-order valence-electron chi connectivity index (χ0n) is 32.0. The summed E-state index contributed by atoms with van der Waals surface area (Å²) in [5.74, 6) is -10.0. The molecule has 4 N–H and O–H groups in total. The standard InChI is InChI=1S/C32H44N4O16Si4/c1-9-21(37)33-25(41)13-17(29(33)45)53(5)49-54(6,18-14-26(42)34(30(18)46)22(38)10-2)51-56(8,20-16-28(44)36(32(20)48)24(40)12-4)52-55(7,50-53)19-15-27(43)35(31(19)47)23(39)11-3/h13-14,19-20,41-42,45-46H,9-12,15-16H2,1-8H3. The van der Waals surface area contributed by atoms with Crippen LogP contribution in [0.3, 0.4) is 0 Å². The van der Waals surface area contributed by atoms with Crippen molar-refractivity contribution in [2.75, 3.05) is 0 Å². The van der Waals surface area contributed by atoms with Crippen molar-refractivity contribution in [1.29, 1.82) is 0 Å². The maximum absolute atomic E-state index is 14.1. The summed E-state index contributed by atoms with van der Waals surface area (Å²) in [7, 11) is -18.4. The summed E-state index contributed by atoms with van der Waals surface area (Å²) in [6.45, 7) is 11.2. The average Bonchev–Trinajstić information content (AvgIpc) is 3.81. The van der Waals surface area contributed by atoms with E-state index < -0.39 is 129 Å². The maximum atomic E-state index is 14.1. The van der Waals surface area contributed by atoms with Crippen LogP contribution in [0.4, 0.5) is 0 Å². The van der Waals surface area contributed by atoms with Crippen LogP contribution in [-0.2, 0) is 45.2 Å². The van der Waals surface area contributed by atoms with E-state index in [4.69, 9.17) is 16.5 Å². The fourth-order valence-corrected chi connectivity index (χ4v) is 30.2. The SMILES string of the molecule is CCC(=O)N1C(=O)CC([Si]2(C)O[Si](C)(c3cc(O)n(C(=O)CC)c3O)O[Si](C)(c3cc(O)n(C(=O)CC)c3O)O[Si](C)(C3CC(=O)N(C(=O)CC)C3=O)O2)C1=O. The third-order valence-electron chi connectivity index (χ3n) is 10.2. The Morgan fingerprint density at radius 3 is 1.20 bits per heavy atom. The molecule has 20 nitrogen and oxygen atoms in total. The molecule has 0 saturated carbocycles. The van der Waals surface area contributed by atoms with Gasteiger partial charge in [0.05, 0.1) is 21.5 Å². The summed E-state index contributed by atoms with van der Waals surface area (Å²) < 4.78 is 28.7. The average molecular weight is 853 g/mol. The van der Waals surface area contributed by atoms with Gasteiger partial charge in [-0.3, -0.25) is 38.4 Å². The van der Waals surface area contributed by atoms with Gasteiger partial charge in [0.1, 0.15) is 0 Å². The minimum atomic E-state index is -4.63. The predicted octanol–water partition coefficient (Wildman–Crippen LogP) is 0.826. The molecular formula is C32H44N4O16Si4. The highest BCUT2D eigenvalue weighted by atomic mass is 28.5. The van der Waals surface area contributed by atoms with E-state index in [0.29, 0.717) is 18.9 Å². The van der Waals surface area contributed by atoms with E-state index in [1.165, 1.54) is 53.9 Å². The lowest BCUT2D eigenvalue weighted by atomic mass is 10.3. The van der Waals surface area contributed by atoms with Gasteiger partial charge in [0.25, 0.3) is 0 Å². The maximum Gasteiger partial charge on any atom is 0.357 e. The Balaban J connectivity index is 1.82. The van der Waals surface area contributed by atoms with E-state index in [1.807, 2.05) is 0 Å². The first kappa shape index (κ1) is 42.6. The number of carbonyl (C=O) groups is 8. The first-order valence-corrected chi connectivity index (χ1v) is 27.3. The van der Waals surface area contributed by atoms with Crippen LogP contribution in [0.1, 0.15) is 75.8 Å². The molecule has 304 valence electrons. The number of aromatic hydroxyl groups is 4. The van der Waals surface area contributed by atoms with E-state index in [2.05, 4.69) is 0 Å². The first-order chi connectivity index (χ1) is 26.0. The summed E-state index contributed by atoms with van der Waals surface area (Å²) in [5.41, 5.74) is -3.06. The van der Waals surface area contributed by atoms with Gasteiger partial charge in [-0.2, -0.15) is 0 Å². The molecule has 3 aliphatic rings. The van der Waals surface area contributed by atoms with Crippen LogP contribution in [0.15, 0.2) is 12.1 Å². The number of hydrogen-bond donors (Lipinski definition) is 4. The van der Waals surface area contributed by atoms with Gasteiger partial charge < -0.3 is 36.9 Å². The molecule has 0 bridgehead atoms. The van der Waals surface area contributed by atoms with E-state index in [-0.39, 0.29) is 36.1 Å². The van der Waals surface area contributed by atoms with Gasteiger partial charge in [0.15, 0.2) is 0 Å². The molecule has 3 saturated heterocycles. The predicted molar refractivity (Wildman–Crippen MR) is 198 cm³/mol. The fourth-order valence-electron chi connectivity index (χ4n) is 7.51. The van der Waals surface area contributed by atoms with Gasteiger partial charge in [-0.05, 0) is 26.2 Å². The second-order valence-electron chi connectivity index (χ2n) is 14.1. The molecule has 0 spiro atoms. The molecule has 3 fully saturated rings. The number of imide groups is 6. The number of likely N-dealkylation sites (tertiary alicyclic amines) is 2. The molecule has 2 aromatic rings. The zero-order chi connectivity index (χ0) is 42.0. The van der Waals surface area contributed by atoms with Crippen LogP contribution in [0.5, 0.6) is 23.5 Å². The number of nitrogens with zero attached hydrogens (tertiary/aromatic N) is 4. The molecule has 0 aromatic carbocycles. The van der Waals surface area contributed by atoms with Crippen molar-refractivity contribution in [2.45, 2.75) is 103 Å². The van der Waals surface area contributed by atoms with Crippen LogP contribution >= 0.6 is 0 Å². The highest BCUT2D eigenvalue weighted by Gasteiger charge is 2.69. The number of amides is 6. The minimum absolute atomic E-state index is 0.178. The van der Waals surface area contributed by atoms with Gasteiger partial charge in [-0.15, -0.1) is 0 Å². The number of hydrogen-bond acceptors (Lipinski definition) is 16. The van der Waals surface area contributed by atoms with E-state index in [9.17, 15) is 58.8 Å². The van der Waals surface area contributed by atoms with Crippen LogP contribution in [0.2, 0.25) is 37.3 Å². The van der Waals surface area contributed by atoms with E-state index in [1.54, 1.807) is 0 Å². The Morgan fingerprint density at radius 2 is 0.893 bits per heavy atom. The lowest BCUT2D eigenvalue weighted by molar-refractivity contribution is -0.151. The van der Waals surface area contributed by atoms with E-state index in [0.717, 1.165) is 12.1 Å². The molecule has 5 heterocycles. The minimum Gasteiger partial charge on any atom is -0.494 e. The van der Waals surface area contributed by atoms with Crippen molar-refractivity contribution >= 4 is 91.9 Å². The van der Waals surface area contributed by atoms with Crippen molar-refractivity contribution in [3.8, 4) is 23.5 Å². The molecule has 6 atom stereocenters.